The summed E-state index contributed by atoms with van der Waals surface area (Å²) < 4.78 is 13.2. The Morgan fingerprint density at radius 3 is 3.08 bits per heavy atom. The summed E-state index contributed by atoms with van der Waals surface area (Å²) in [6.07, 6.45) is 3.18. The zero-order chi connectivity index (χ0) is 8.97. The predicted molar refractivity (Wildman–Crippen MR) is 41.5 cm³/mol. The topological polar surface area (TPSA) is 46.9 Å². The molecule has 0 saturated carbocycles. The molecule has 1 amide bonds. The molecule has 0 unspecified atom stereocenters. The van der Waals surface area contributed by atoms with Gasteiger partial charge in [-0.25, -0.2) is 9.37 Å². The standard InChI is InChI=1S/C7H10FN3O/c1-11-5-4-9-6(11)7(12)10-3-2-8/h4-5H,2-3H2,1H3,(H,10,12). The van der Waals surface area contributed by atoms with Crippen molar-refractivity contribution in [2.24, 2.45) is 7.05 Å². The van der Waals surface area contributed by atoms with Crippen LogP contribution in [0.1, 0.15) is 10.6 Å². The molecule has 0 bridgehead atoms. The number of nitrogens with zero attached hydrogens (tertiary/aromatic N) is 2. The molecule has 1 heterocycles. The summed E-state index contributed by atoms with van der Waals surface area (Å²) in [5, 5.41) is 2.38. The third-order valence-electron chi connectivity index (χ3n) is 1.40. The predicted octanol–water partition coefficient (Wildman–Crippen LogP) is 0.119. The summed E-state index contributed by atoms with van der Waals surface area (Å²) in [6.45, 7) is -0.526. The van der Waals surface area contributed by atoms with Gasteiger partial charge in [-0.3, -0.25) is 4.79 Å². The molecule has 0 saturated heterocycles. The Morgan fingerprint density at radius 1 is 1.83 bits per heavy atom. The van der Waals surface area contributed by atoms with Crippen molar-refractivity contribution >= 4 is 5.91 Å². The van der Waals surface area contributed by atoms with E-state index in [1.165, 1.54) is 6.20 Å². The van der Waals surface area contributed by atoms with Crippen LogP contribution in [0.25, 0.3) is 0 Å². The van der Waals surface area contributed by atoms with E-state index in [0.717, 1.165) is 0 Å². The normalized spacial score (nSPS) is 9.83. The van der Waals surface area contributed by atoms with E-state index >= 15 is 0 Å². The largest absolute Gasteiger partial charge is 0.347 e. The Kier molecular flexibility index (Phi) is 2.79. The number of rotatable bonds is 3. The first-order valence-electron chi connectivity index (χ1n) is 3.57. The average Bonchev–Trinajstić information content (AvgIpc) is 2.47. The van der Waals surface area contributed by atoms with Gasteiger partial charge in [0, 0.05) is 26.0 Å². The van der Waals surface area contributed by atoms with Gasteiger partial charge >= 0.3 is 0 Å². The van der Waals surface area contributed by atoms with Crippen LogP contribution in [0.3, 0.4) is 0 Å². The summed E-state index contributed by atoms with van der Waals surface area (Å²) in [5.74, 6) is -0.0522. The third kappa shape index (κ3) is 1.81. The van der Waals surface area contributed by atoms with Crippen molar-refractivity contribution in [2.75, 3.05) is 13.2 Å². The molecule has 1 rings (SSSR count). The number of halogens is 1. The van der Waals surface area contributed by atoms with Gasteiger partial charge in [0.2, 0.25) is 0 Å². The van der Waals surface area contributed by atoms with Gasteiger partial charge in [-0.05, 0) is 0 Å². The Balaban J connectivity index is 2.59. The number of alkyl halides is 1. The second kappa shape index (κ2) is 3.85. The average molecular weight is 171 g/mol. The lowest BCUT2D eigenvalue weighted by molar-refractivity contribution is 0.0937. The van der Waals surface area contributed by atoms with E-state index < -0.39 is 6.67 Å². The maximum absolute atomic E-state index is 11.7. The Labute approximate surface area is 69.4 Å². The monoisotopic (exact) mass is 171 g/mol. The van der Waals surface area contributed by atoms with Crippen LogP contribution in [0.2, 0.25) is 0 Å². The van der Waals surface area contributed by atoms with Crippen molar-refractivity contribution in [3.05, 3.63) is 18.2 Å². The van der Waals surface area contributed by atoms with Crippen molar-refractivity contribution in [1.29, 1.82) is 0 Å². The number of amides is 1. The number of hydrogen-bond acceptors (Lipinski definition) is 2. The second-order valence-corrected chi connectivity index (χ2v) is 2.31. The lowest BCUT2D eigenvalue weighted by atomic mass is 10.5. The second-order valence-electron chi connectivity index (χ2n) is 2.31. The molecule has 0 atom stereocenters. The fourth-order valence-electron chi connectivity index (χ4n) is 0.824. The van der Waals surface area contributed by atoms with Gasteiger partial charge < -0.3 is 9.88 Å². The minimum Gasteiger partial charge on any atom is -0.347 e. The number of nitrogens with one attached hydrogen (secondary N) is 1. The van der Waals surface area contributed by atoms with Crippen LogP contribution in [0.15, 0.2) is 12.4 Å². The number of hydrogen-bond donors (Lipinski definition) is 1. The van der Waals surface area contributed by atoms with Crippen LogP contribution in [-0.2, 0) is 7.05 Å². The van der Waals surface area contributed by atoms with Crippen molar-refractivity contribution < 1.29 is 9.18 Å². The Hall–Kier alpha value is -1.39. The number of carbonyl (C=O) groups is 1. The van der Waals surface area contributed by atoms with Crippen LogP contribution < -0.4 is 5.32 Å². The zero-order valence-corrected chi connectivity index (χ0v) is 6.75. The molecule has 1 aromatic heterocycles. The van der Waals surface area contributed by atoms with E-state index in [9.17, 15) is 9.18 Å². The molecule has 1 aromatic rings. The van der Waals surface area contributed by atoms with Crippen LogP contribution in [0.5, 0.6) is 0 Å². The van der Waals surface area contributed by atoms with Crippen LogP contribution in [0.4, 0.5) is 4.39 Å². The molecule has 0 spiro atoms. The molecule has 4 nitrogen and oxygen atoms in total. The minimum atomic E-state index is -0.559. The molecule has 0 aromatic carbocycles. The van der Waals surface area contributed by atoms with Gasteiger partial charge in [0.15, 0.2) is 5.82 Å². The van der Waals surface area contributed by atoms with Gasteiger partial charge in [-0.15, -0.1) is 0 Å². The van der Waals surface area contributed by atoms with Crippen LogP contribution >= 0.6 is 0 Å². The first-order valence-corrected chi connectivity index (χ1v) is 3.57. The van der Waals surface area contributed by atoms with Gasteiger partial charge in [-0.2, -0.15) is 0 Å². The van der Waals surface area contributed by atoms with Gasteiger partial charge in [0.1, 0.15) is 6.67 Å². The molecule has 0 aliphatic carbocycles. The number of aromatic nitrogens is 2. The molecular formula is C7H10FN3O. The number of imidazole rings is 1. The van der Waals surface area contributed by atoms with Gasteiger partial charge in [-0.1, -0.05) is 0 Å². The van der Waals surface area contributed by atoms with Crippen molar-refractivity contribution in [3.63, 3.8) is 0 Å². The Morgan fingerprint density at radius 2 is 2.58 bits per heavy atom. The highest BCUT2D eigenvalue weighted by molar-refractivity contribution is 5.90. The van der Waals surface area contributed by atoms with Crippen LogP contribution in [-0.4, -0.2) is 28.7 Å². The highest BCUT2D eigenvalue weighted by Crippen LogP contribution is 1.92. The molecule has 0 radical (unpaired) electrons. The fourth-order valence-corrected chi connectivity index (χ4v) is 0.824. The molecule has 0 aliphatic heterocycles. The first-order chi connectivity index (χ1) is 5.75. The SMILES string of the molecule is Cn1ccnc1C(=O)NCCF. The van der Waals surface area contributed by atoms with Crippen molar-refractivity contribution in [1.82, 2.24) is 14.9 Å². The van der Waals surface area contributed by atoms with E-state index in [-0.39, 0.29) is 12.5 Å². The molecule has 5 heteroatoms. The third-order valence-corrected chi connectivity index (χ3v) is 1.40. The highest BCUT2D eigenvalue weighted by Gasteiger charge is 2.08. The highest BCUT2D eigenvalue weighted by atomic mass is 19.1. The summed E-state index contributed by atoms with van der Waals surface area (Å²) in [4.78, 5) is 14.9. The number of aryl methyl sites for hydroxylation is 1. The maximum atomic E-state index is 11.7. The molecule has 12 heavy (non-hydrogen) atoms. The smallest absolute Gasteiger partial charge is 0.287 e. The molecular weight excluding hydrogens is 161 g/mol. The van der Waals surface area contributed by atoms with Gasteiger partial charge in [0.25, 0.3) is 5.91 Å². The fraction of sp³-hybridized carbons (Fsp3) is 0.429. The molecule has 0 fully saturated rings. The molecule has 1 N–H and O–H groups in total. The first kappa shape index (κ1) is 8.70. The quantitative estimate of drug-likeness (QED) is 0.702. The molecule has 0 aliphatic rings. The van der Waals surface area contributed by atoms with Crippen molar-refractivity contribution in [2.45, 2.75) is 0 Å². The summed E-state index contributed by atoms with van der Waals surface area (Å²) in [6, 6.07) is 0. The van der Waals surface area contributed by atoms with Crippen molar-refractivity contribution in [3.8, 4) is 0 Å². The summed E-state index contributed by atoms with van der Waals surface area (Å²) in [7, 11) is 1.71. The number of carbonyl (C=O) groups excluding carboxylic acids is 1. The lowest BCUT2D eigenvalue weighted by Gasteiger charge is -2.01. The summed E-state index contributed by atoms with van der Waals surface area (Å²) >= 11 is 0. The van der Waals surface area contributed by atoms with E-state index in [1.54, 1.807) is 17.8 Å². The van der Waals surface area contributed by atoms with Gasteiger partial charge in [0.05, 0.1) is 0 Å². The maximum Gasteiger partial charge on any atom is 0.287 e. The van der Waals surface area contributed by atoms with E-state index in [4.69, 9.17) is 0 Å². The Bertz CT molecular complexity index is 271. The van der Waals surface area contributed by atoms with Crippen LogP contribution in [0, 0.1) is 0 Å². The van der Waals surface area contributed by atoms with E-state index in [1.807, 2.05) is 0 Å². The zero-order valence-electron chi connectivity index (χ0n) is 6.75. The lowest BCUT2D eigenvalue weighted by Crippen LogP contribution is -2.27. The molecule has 66 valence electrons. The summed E-state index contributed by atoms with van der Waals surface area (Å²) in [5.41, 5.74) is 0. The van der Waals surface area contributed by atoms with E-state index in [0.29, 0.717) is 5.82 Å². The minimum absolute atomic E-state index is 0.0334. The van der Waals surface area contributed by atoms with E-state index in [2.05, 4.69) is 10.3 Å².